The normalized spacial score (nSPS) is 22.4. The molecule has 8 rings (SSSR count). The van der Waals surface area contributed by atoms with Crippen molar-refractivity contribution in [3.8, 4) is 34.0 Å². The average molecular weight is 494 g/mol. The SMILES string of the molecule is CN1CCCC1c1ncc(-c2ccc3c(c2)N2CCc4cc(-c5cnc(C6CCCN6)[nH]5)cc(c42)O3)[nH]1. The first-order valence-electron chi connectivity index (χ1n) is 13.5. The van der Waals surface area contributed by atoms with Gasteiger partial charge >= 0.3 is 0 Å². The number of hydrogen-bond acceptors (Lipinski definition) is 6. The Hall–Kier alpha value is -3.62. The number of imidazole rings is 2. The highest BCUT2D eigenvalue weighted by molar-refractivity contribution is 5.87. The molecule has 2 unspecified atom stereocenters. The van der Waals surface area contributed by atoms with Gasteiger partial charge < -0.3 is 24.9 Å². The average Bonchev–Trinajstić information content (AvgIpc) is 3.73. The Morgan fingerprint density at radius 3 is 2.59 bits per heavy atom. The Bertz CT molecular complexity index is 1500. The van der Waals surface area contributed by atoms with E-state index in [-0.39, 0.29) is 0 Å². The Morgan fingerprint density at radius 2 is 1.76 bits per heavy atom. The first-order valence-corrected chi connectivity index (χ1v) is 13.5. The lowest BCUT2D eigenvalue weighted by atomic mass is 10.0. The molecule has 4 aliphatic rings. The van der Waals surface area contributed by atoms with E-state index in [4.69, 9.17) is 9.72 Å². The minimum Gasteiger partial charge on any atom is -0.453 e. The quantitative estimate of drug-likeness (QED) is 0.350. The first kappa shape index (κ1) is 21.5. The summed E-state index contributed by atoms with van der Waals surface area (Å²) in [4.78, 5) is 21.4. The van der Waals surface area contributed by atoms with E-state index in [0.717, 1.165) is 90.2 Å². The van der Waals surface area contributed by atoms with Crippen molar-refractivity contribution in [3.63, 3.8) is 0 Å². The van der Waals surface area contributed by atoms with Gasteiger partial charge in [0.15, 0.2) is 11.5 Å². The smallest absolute Gasteiger partial charge is 0.152 e. The Morgan fingerprint density at radius 1 is 0.892 bits per heavy atom. The number of H-pyrrole nitrogens is 2. The predicted molar refractivity (Wildman–Crippen MR) is 143 cm³/mol. The standard InChI is InChI=1S/C29H31N7O/c1-35-10-3-5-23(35)29-32-15-21(34-29)17-6-7-25-24(13-17)36-11-8-18-12-19(14-26(37-25)27(18)36)22-16-31-28(33-22)20-4-2-9-30-20/h6-7,12-16,20,23,30H,2-5,8-11H2,1H3,(H,31,33)(H,32,34). The van der Waals surface area contributed by atoms with Crippen LogP contribution in [0.1, 0.15) is 55.0 Å². The molecule has 0 spiro atoms. The molecule has 4 aliphatic heterocycles. The van der Waals surface area contributed by atoms with E-state index in [9.17, 15) is 0 Å². The summed E-state index contributed by atoms with van der Waals surface area (Å²) >= 11 is 0. The maximum absolute atomic E-state index is 6.51. The molecule has 2 fully saturated rings. The molecule has 0 aliphatic carbocycles. The number of aromatic amines is 2. The molecule has 2 aromatic heterocycles. The first-order chi connectivity index (χ1) is 18.2. The molecule has 0 radical (unpaired) electrons. The van der Waals surface area contributed by atoms with Crippen LogP contribution in [0, 0.1) is 0 Å². The zero-order chi connectivity index (χ0) is 24.5. The third-order valence-corrected chi connectivity index (χ3v) is 8.54. The molecule has 3 N–H and O–H groups in total. The highest BCUT2D eigenvalue weighted by Gasteiger charge is 2.33. The summed E-state index contributed by atoms with van der Waals surface area (Å²) < 4.78 is 6.51. The van der Waals surface area contributed by atoms with E-state index in [1.165, 1.54) is 24.1 Å². The van der Waals surface area contributed by atoms with Gasteiger partial charge in [0.2, 0.25) is 0 Å². The fourth-order valence-corrected chi connectivity index (χ4v) is 6.57. The molecule has 6 heterocycles. The van der Waals surface area contributed by atoms with Crippen molar-refractivity contribution in [3.05, 3.63) is 59.9 Å². The zero-order valence-corrected chi connectivity index (χ0v) is 21.1. The number of nitrogens with one attached hydrogen (secondary N) is 3. The molecule has 4 aromatic rings. The van der Waals surface area contributed by atoms with Gasteiger partial charge in [0, 0.05) is 17.7 Å². The molecule has 2 saturated heterocycles. The Labute approximate surface area is 216 Å². The number of ether oxygens (including phenoxy) is 1. The molecule has 2 aromatic carbocycles. The number of hydrogen-bond donors (Lipinski definition) is 3. The van der Waals surface area contributed by atoms with Crippen LogP contribution in [-0.2, 0) is 6.42 Å². The predicted octanol–water partition coefficient (Wildman–Crippen LogP) is 5.46. The molecular formula is C29H31N7O. The van der Waals surface area contributed by atoms with Crippen molar-refractivity contribution in [2.24, 2.45) is 0 Å². The maximum atomic E-state index is 6.51. The molecular weight excluding hydrogens is 462 g/mol. The van der Waals surface area contributed by atoms with Crippen LogP contribution < -0.4 is 15.0 Å². The van der Waals surface area contributed by atoms with Gasteiger partial charge in [0.1, 0.15) is 11.6 Å². The second-order valence-corrected chi connectivity index (χ2v) is 10.8. The second-order valence-electron chi connectivity index (χ2n) is 10.8. The van der Waals surface area contributed by atoms with Gasteiger partial charge in [0.05, 0.1) is 47.2 Å². The van der Waals surface area contributed by atoms with Crippen molar-refractivity contribution in [2.45, 2.75) is 44.2 Å². The van der Waals surface area contributed by atoms with Crippen LogP contribution in [0.3, 0.4) is 0 Å². The fourth-order valence-electron chi connectivity index (χ4n) is 6.57. The largest absolute Gasteiger partial charge is 0.453 e. The molecule has 8 nitrogen and oxygen atoms in total. The van der Waals surface area contributed by atoms with E-state index < -0.39 is 0 Å². The van der Waals surface area contributed by atoms with Gasteiger partial charge in [-0.2, -0.15) is 0 Å². The lowest BCUT2D eigenvalue weighted by Gasteiger charge is -2.30. The number of fused-ring (bicyclic) bond motifs is 2. The third-order valence-electron chi connectivity index (χ3n) is 8.54. The molecule has 0 saturated carbocycles. The number of benzene rings is 2. The Balaban J connectivity index is 1.11. The van der Waals surface area contributed by atoms with E-state index in [0.29, 0.717) is 12.1 Å². The van der Waals surface area contributed by atoms with Gasteiger partial charge in [-0.3, -0.25) is 4.90 Å². The summed E-state index contributed by atoms with van der Waals surface area (Å²) in [5.41, 5.74) is 8.03. The summed E-state index contributed by atoms with van der Waals surface area (Å²) in [6, 6.07) is 11.7. The monoisotopic (exact) mass is 493 g/mol. The van der Waals surface area contributed by atoms with Crippen LogP contribution in [0.2, 0.25) is 0 Å². The minimum absolute atomic E-state index is 0.333. The highest BCUT2D eigenvalue weighted by Crippen LogP contribution is 2.53. The second kappa shape index (κ2) is 8.19. The van der Waals surface area contributed by atoms with E-state index >= 15 is 0 Å². The summed E-state index contributed by atoms with van der Waals surface area (Å²) in [6.45, 7) is 3.15. The van der Waals surface area contributed by atoms with Gasteiger partial charge in [-0.05, 0) is 88.1 Å². The minimum atomic E-state index is 0.333. The van der Waals surface area contributed by atoms with Crippen molar-refractivity contribution < 1.29 is 4.74 Å². The van der Waals surface area contributed by atoms with E-state index in [1.807, 2.05) is 12.4 Å². The lowest BCUT2D eigenvalue weighted by molar-refractivity contribution is 0.307. The van der Waals surface area contributed by atoms with Crippen LogP contribution in [-0.4, -0.2) is 51.5 Å². The van der Waals surface area contributed by atoms with Crippen LogP contribution >= 0.6 is 0 Å². The van der Waals surface area contributed by atoms with Gasteiger partial charge in [-0.25, -0.2) is 9.97 Å². The van der Waals surface area contributed by atoms with E-state index in [2.05, 4.69) is 67.4 Å². The number of aromatic nitrogens is 4. The van der Waals surface area contributed by atoms with Crippen LogP contribution in [0.15, 0.2) is 42.7 Å². The molecule has 2 atom stereocenters. The summed E-state index contributed by atoms with van der Waals surface area (Å²) in [6.07, 6.45) is 9.66. The van der Waals surface area contributed by atoms with Gasteiger partial charge in [0.25, 0.3) is 0 Å². The van der Waals surface area contributed by atoms with Crippen molar-refractivity contribution >= 4 is 11.4 Å². The highest BCUT2D eigenvalue weighted by atomic mass is 16.5. The molecule has 0 amide bonds. The van der Waals surface area contributed by atoms with Gasteiger partial charge in [-0.1, -0.05) is 0 Å². The zero-order valence-electron chi connectivity index (χ0n) is 21.1. The number of nitrogens with zero attached hydrogens (tertiary/aromatic N) is 4. The van der Waals surface area contributed by atoms with Crippen molar-refractivity contribution in [1.82, 2.24) is 30.2 Å². The fraction of sp³-hybridized carbons (Fsp3) is 0.379. The summed E-state index contributed by atoms with van der Waals surface area (Å²) in [5, 5.41) is 3.53. The van der Waals surface area contributed by atoms with Crippen molar-refractivity contribution in [1.29, 1.82) is 0 Å². The third kappa shape index (κ3) is 3.43. The van der Waals surface area contributed by atoms with Crippen LogP contribution in [0.5, 0.6) is 11.5 Å². The number of rotatable bonds is 4. The topological polar surface area (TPSA) is 85.1 Å². The summed E-state index contributed by atoms with van der Waals surface area (Å²) in [7, 11) is 2.18. The van der Waals surface area contributed by atoms with Crippen LogP contribution in [0.25, 0.3) is 22.5 Å². The molecule has 8 heteroatoms. The molecule has 0 bridgehead atoms. The lowest BCUT2D eigenvalue weighted by Crippen LogP contribution is -2.18. The molecule has 37 heavy (non-hydrogen) atoms. The number of anilines is 2. The molecule has 188 valence electrons. The number of likely N-dealkylation sites (tertiary alicyclic amines) is 1. The maximum Gasteiger partial charge on any atom is 0.152 e. The summed E-state index contributed by atoms with van der Waals surface area (Å²) in [5.74, 6) is 3.92. The van der Waals surface area contributed by atoms with Crippen molar-refractivity contribution in [2.75, 3.05) is 31.6 Å². The Kier molecular flexibility index (Phi) is 4.75. The van der Waals surface area contributed by atoms with Crippen LogP contribution in [0.4, 0.5) is 11.4 Å². The van der Waals surface area contributed by atoms with E-state index in [1.54, 1.807) is 0 Å². The van der Waals surface area contributed by atoms with Gasteiger partial charge in [-0.15, -0.1) is 0 Å².